The van der Waals surface area contributed by atoms with E-state index in [0.29, 0.717) is 16.6 Å². The number of nitrogens with zero attached hydrogens (tertiary/aromatic N) is 2. The highest BCUT2D eigenvalue weighted by molar-refractivity contribution is 6.42. The molecule has 2 aromatic carbocycles. The van der Waals surface area contributed by atoms with E-state index in [2.05, 4.69) is 0 Å². The topological polar surface area (TPSA) is 48.1 Å². The normalized spacial score (nSPS) is 11.0. The van der Waals surface area contributed by atoms with Gasteiger partial charge in [0.05, 0.1) is 20.5 Å². The van der Waals surface area contributed by atoms with Crippen LogP contribution in [0.4, 0.5) is 5.69 Å². The lowest BCUT2D eigenvalue weighted by molar-refractivity contribution is -0.384. The minimum atomic E-state index is -0.393. The van der Waals surface area contributed by atoms with Crippen LogP contribution in [0.2, 0.25) is 10.0 Å². The first-order valence-electron chi connectivity index (χ1n) is 6.22. The smallest absolute Gasteiger partial charge is 0.271 e. The van der Waals surface area contributed by atoms with Crippen molar-refractivity contribution in [3.63, 3.8) is 0 Å². The molecule has 0 fully saturated rings. The Hall–Kier alpha value is -2.04. The van der Waals surface area contributed by atoms with E-state index in [1.54, 1.807) is 24.3 Å². The second kappa shape index (κ2) is 5.39. The molecular formula is C15H10Cl2N2O2. The number of non-ortho nitro benzene ring substituents is 1. The standard InChI is InChI=1S/C15H10Cl2N2O2/c16-13-4-1-10(7-14(13)17)9-18-6-5-11-2-3-12(19(20)21)8-15(11)18/h1-8H,9H2. The van der Waals surface area contributed by atoms with Crippen molar-refractivity contribution < 1.29 is 4.92 Å². The van der Waals surface area contributed by atoms with Gasteiger partial charge in [0.2, 0.25) is 0 Å². The number of hydrogen-bond donors (Lipinski definition) is 0. The van der Waals surface area contributed by atoms with E-state index in [-0.39, 0.29) is 5.69 Å². The molecule has 3 aromatic rings. The van der Waals surface area contributed by atoms with Gasteiger partial charge in [0.15, 0.2) is 0 Å². The molecular weight excluding hydrogens is 311 g/mol. The fourth-order valence-corrected chi connectivity index (χ4v) is 2.58. The molecule has 0 N–H and O–H groups in total. The molecule has 0 radical (unpaired) electrons. The van der Waals surface area contributed by atoms with E-state index >= 15 is 0 Å². The van der Waals surface area contributed by atoms with Crippen molar-refractivity contribution >= 4 is 39.8 Å². The van der Waals surface area contributed by atoms with Crippen LogP contribution in [-0.4, -0.2) is 9.49 Å². The van der Waals surface area contributed by atoms with Crippen molar-refractivity contribution in [2.75, 3.05) is 0 Å². The first-order valence-corrected chi connectivity index (χ1v) is 6.97. The van der Waals surface area contributed by atoms with Gasteiger partial charge in [-0.1, -0.05) is 29.3 Å². The highest BCUT2D eigenvalue weighted by Crippen LogP contribution is 2.25. The summed E-state index contributed by atoms with van der Waals surface area (Å²) >= 11 is 11.9. The van der Waals surface area contributed by atoms with Gasteiger partial charge in [0, 0.05) is 30.3 Å². The number of rotatable bonds is 3. The Kier molecular flexibility index (Phi) is 3.57. The summed E-state index contributed by atoms with van der Waals surface area (Å²) in [7, 11) is 0. The van der Waals surface area contributed by atoms with Gasteiger partial charge in [-0.15, -0.1) is 0 Å². The van der Waals surface area contributed by atoms with Gasteiger partial charge < -0.3 is 4.57 Å². The number of nitro groups is 1. The van der Waals surface area contributed by atoms with Crippen LogP contribution in [0.15, 0.2) is 48.7 Å². The van der Waals surface area contributed by atoms with Crippen LogP contribution in [0.25, 0.3) is 10.9 Å². The second-order valence-corrected chi connectivity index (χ2v) is 5.51. The maximum absolute atomic E-state index is 10.9. The van der Waals surface area contributed by atoms with Crippen LogP contribution in [0, 0.1) is 10.1 Å². The van der Waals surface area contributed by atoms with E-state index in [9.17, 15) is 10.1 Å². The van der Waals surface area contributed by atoms with Crippen molar-refractivity contribution in [3.8, 4) is 0 Å². The highest BCUT2D eigenvalue weighted by Gasteiger charge is 2.09. The van der Waals surface area contributed by atoms with Gasteiger partial charge in [-0.3, -0.25) is 10.1 Å². The highest BCUT2D eigenvalue weighted by atomic mass is 35.5. The molecule has 0 saturated heterocycles. The first kappa shape index (κ1) is 13.9. The van der Waals surface area contributed by atoms with Crippen LogP contribution >= 0.6 is 23.2 Å². The zero-order chi connectivity index (χ0) is 15.0. The molecule has 0 bridgehead atoms. The summed E-state index contributed by atoms with van der Waals surface area (Å²) in [6, 6.07) is 12.2. The molecule has 1 heterocycles. The minimum Gasteiger partial charge on any atom is -0.343 e. The number of fused-ring (bicyclic) bond motifs is 1. The minimum absolute atomic E-state index is 0.0802. The fourth-order valence-electron chi connectivity index (χ4n) is 2.26. The van der Waals surface area contributed by atoms with E-state index < -0.39 is 4.92 Å². The second-order valence-electron chi connectivity index (χ2n) is 4.69. The molecule has 3 rings (SSSR count). The quantitative estimate of drug-likeness (QED) is 0.508. The molecule has 4 nitrogen and oxygen atoms in total. The fraction of sp³-hybridized carbons (Fsp3) is 0.0667. The summed E-state index contributed by atoms with van der Waals surface area (Å²) in [5, 5.41) is 12.8. The average molecular weight is 321 g/mol. The van der Waals surface area contributed by atoms with Crippen LogP contribution in [0.1, 0.15) is 5.56 Å². The summed E-state index contributed by atoms with van der Waals surface area (Å²) in [5.74, 6) is 0. The third kappa shape index (κ3) is 2.73. The Morgan fingerprint density at radius 3 is 2.57 bits per heavy atom. The van der Waals surface area contributed by atoms with Crippen molar-refractivity contribution in [1.29, 1.82) is 0 Å². The van der Waals surface area contributed by atoms with Crippen molar-refractivity contribution in [2.24, 2.45) is 0 Å². The van der Waals surface area contributed by atoms with Crippen molar-refractivity contribution in [2.45, 2.75) is 6.54 Å². The number of benzene rings is 2. The van der Waals surface area contributed by atoms with Gasteiger partial charge >= 0.3 is 0 Å². The Bertz CT molecular complexity index is 843. The molecule has 6 heteroatoms. The Morgan fingerprint density at radius 1 is 1.05 bits per heavy atom. The van der Waals surface area contributed by atoms with Gasteiger partial charge in [0.1, 0.15) is 0 Å². The zero-order valence-corrected chi connectivity index (χ0v) is 12.3. The van der Waals surface area contributed by atoms with E-state index in [1.165, 1.54) is 6.07 Å². The van der Waals surface area contributed by atoms with Crippen LogP contribution in [-0.2, 0) is 6.54 Å². The molecule has 106 valence electrons. The molecule has 0 aliphatic rings. The molecule has 1 aromatic heterocycles. The van der Waals surface area contributed by atoms with Gasteiger partial charge in [-0.2, -0.15) is 0 Å². The number of nitro benzene ring substituents is 1. The maximum atomic E-state index is 10.9. The molecule has 0 saturated carbocycles. The van der Waals surface area contributed by atoms with E-state index in [1.807, 2.05) is 22.9 Å². The summed E-state index contributed by atoms with van der Waals surface area (Å²) < 4.78 is 1.95. The molecule has 0 unspecified atom stereocenters. The van der Waals surface area contributed by atoms with Crippen molar-refractivity contribution in [3.05, 3.63) is 74.4 Å². The molecule has 0 aliphatic carbocycles. The monoisotopic (exact) mass is 320 g/mol. The average Bonchev–Trinajstić information content (AvgIpc) is 2.85. The summed E-state index contributed by atoms with van der Waals surface area (Å²) in [4.78, 5) is 10.5. The lowest BCUT2D eigenvalue weighted by atomic mass is 10.2. The lowest BCUT2D eigenvalue weighted by Gasteiger charge is -2.07. The van der Waals surface area contributed by atoms with Gasteiger partial charge in [-0.25, -0.2) is 0 Å². The summed E-state index contributed by atoms with van der Waals surface area (Å²) in [6.45, 7) is 0.571. The molecule has 0 aliphatic heterocycles. The molecule has 0 amide bonds. The number of halogens is 2. The largest absolute Gasteiger partial charge is 0.343 e. The van der Waals surface area contributed by atoms with E-state index in [0.717, 1.165) is 16.5 Å². The Morgan fingerprint density at radius 2 is 1.86 bits per heavy atom. The maximum Gasteiger partial charge on any atom is 0.271 e. The van der Waals surface area contributed by atoms with Crippen LogP contribution < -0.4 is 0 Å². The molecule has 0 atom stereocenters. The third-order valence-corrected chi connectivity index (χ3v) is 4.04. The summed E-state index contributed by atoms with van der Waals surface area (Å²) in [6.07, 6.45) is 1.90. The van der Waals surface area contributed by atoms with Gasteiger partial charge in [0.25, 0.3) is 5.69 Å². The van der Waals surface area contributed by atoms with E-state index in [4.69, 9.17) is 23.2 Å². The molecule has 0 spiro atoms. The van der Waals surface area contributed by atoms with Gasteiger partial charge in [-0.05, 0) is 29.8 Å². The Balaban J connectivity index is 2.01. The first-order chi connectivity index (χ1) is 10.0. The predicted molar refractivity (Wildman–Crippen MR) is 84.2 cm³/mol. The predicted octanol–water partition coefficient (Wildman–Crippen LogP) is 4.90. The van der Waals surface area contributed by atoms with Crippen LogP contribution in [0.3, 0.4) is 0 Å². The van der Waals surface area contributed by atoms with Crippen molar-refractivity contribution in [1.82, 2.24) is 4.57 Å². The number of aromatic nitrogens is 1. The summed E-state index contributed by atoms with van der Waals surface area (Å²) in [5.41, 5.74) is 1.88. The molecule has 21 heavy (non-hydrogen) atoms. The third-order valence-electron chi connectivity index (χ3n) is 3.31. The lowest BCUT2D eigenvalue weighted by Crippen LogP contribution is -1.98. The SMILES string of the molecule is O=[N+]([O-])c1ccc2ccn(Cc3ccc(Cl)c(Cl)c3)c2c1. The number of hydrogen-bond acceptors (Lipinski definition) is 2. The van der Waals surface area contributed by atoms with Crippen LogP contribution in [0.5, 0.6) is 0 Å². The Labute approximate surface area is 130 Å². The zero-order valence-electron chi connectivity index (χ0n) is 10.8.